The SMILES string of the molecule is CC(=O)Nc1ccc(Oc2nc(C(=O)[As]CC(=O)O)c(O)c3ccccc23)cc1. The number of aromatic hydroxyl groups is 1. The van der Waals surface area contributed by atoms with Gasteiger partial charge in [-0.2, -0.15) is 0 Å². The van der Waals surface area contributed by atoms with Crippen LogP contribution in [-0.4, -0.2) is 47.4 Å². The van der Waals surface area contributed by atoms with Crippen molar-refractivity contribution in [3.63, 3.8) is 0 Å². The number of aliphatic carboxylic acids is 1. The standard InChI is InChI=1S/C20H16AsN2O6/c1-11(24)22-12-6-8-13(9-7-12)29-20-15-5-3-2-4-14(15)18(27)17(23-20)19(28)21-10-16(25)26/h2-9,27H,10H2,1H3,(H,22,24)(H,25,26). The van der Waals surface area contributed by atoms with Crippen LogP contribution in [0.3, 0.4) is 0 Å². The third-order valence-electron chi connectivity index (χ3n) is 3.80. The minimum absolute atomic E-state index is 0.116. The Hall–Kier alpha value is -3.38. The predicted molar refractivity (Wildman–Crippen MR) is 107 cm³/mol. The number of anilines is 1. The van der Waals surface area contributed by atoms with Gasteiger partial charge in [0.15, 0.2) is 0 Å². The van der Waals surface area contributed by atoms with Crippen LogP contribution in [0.5, 0.6) is 17.4 Å². The van der Waals surface area contributed by atoms with E-state index in [1.54, 1.807) is 48.5 Å². The van der Waals surface area contributed by atoms with E-state index in [9.17, 15) is 19.5 Å². The monoisotopic (exact) mass is 455 g/mol. The van der Waals surface area contributed by atoms with E-state index in [1.165, 1.54) is 6.92 Å². The number of fused-ring (bicyclic) bond motifs is 1. The van der Waals surface area contributed by atoms with Crippen molar-refractivity contribution in [2.24, 2.45) is 0 Å². The van der Waals surface area contributed by atoms with Crippen molar-refractivity contribution >= 4 is 48.7 Å². The number of amides is 1. The molecule has 0 spiro atoms. The van der Waals surface area contributed by atoms with Crippen molar-refractivity contribution in [3.05, 3.63) is 54.2 Å². The molecule has 0 bridgehead atoms. The van der Waals surface area contributed by atoms with Gasteiger partial charge in [-0.15, -0.1) is 0 Å². The number of pyridine rings is 1. The van der Waals surface area contributed by atoms with E-state index in [1.807, 2.05) is 0 Å². The van der Waals surface area contributed by atoms with Gasteiger partial charge >= 0.3 is 172 Å². The quantitative estimate of drug-likeness (QED) is 0.468. The van der Waals surface area contributed by atoms with Gasteiger partial charge in [-0.05, 0) is 0 Å². The third-order valence-corrected chi connectivity index (χ3v) is 5.75. The molecule has 8 nitrogen and oxygen atoms in total. The summed E-state index contributed by atoms with van der Waals surface area (Å²) in [5.41, 5.74) is 0.400. The molecule has 0 aliphatic carbocycles. The van der Waals surface area contributed by atoms with Gasteiger partial charge in [-0.25, -0.2) is 0 Å². The van der Waals surface area contributed by atoms with Gasteiger partial charge in [0.05, 0.1) is 0 Å². The number of carbonyl (C=O) groups excluding carboxylic acids is 2. The van der Waals surface area contributed by atoms with Crippen molar-refractivity contribution in [1.29, 1.82) is 0 Å². The molecule has 2 aromatic carbocycles. The number of hydrogen-bond acceptors (Lipinski definition) is 6. The van der Waals surface area contributed by atoms with Gasteiger partial charge < -0.3 is 0 Å². The number of nitrogens with zero attached hydrogens (tertiary/aromatic N) is 1. The Morgan fingerprint density at radius 3 is 2.34 bits per heavy atom. The van der Waals surface area contributed by atoms with Crippen LogP contribution in [0.25, 0.3) is 10.8 Å². The van der Waals surface area contributed by atoms with E-state index in [4.69, 9.17) is 9.84 Å². The van der Waals surface area contributed by atoms with E-state index in [0.717, 1.165) is 0 Å². The van der Waals surface area contributed by atoms with Crippen molar-refractivity contribution in [3.8, 4) is 17.4 Å². The Morgan fingerprint density at radius 2 is 1.72 bits per heavy atom. The number of carbonyl (C=O) groups is 3. The van der Waals surface area contributed by atoms with Crippen LogP contribution in [0.2, 0.25) is 5.21 Å². The second kappa shape index (κ2) is 8.75. The molecule has 0 saturated heterocycles. The Morgan fingerprint density at radius 1 is 1.07 bits per heavy atom. The molecular weight excluding hydrogens is 439 g/mol. The molecule has 1 amide bonds. The normalized spacial score (nSPS) is 10.9. The second-order valence-corrected chi connectivity index (χ2v) is 8.16. The van der Waals surface area contributed by atoms with Crippen LogP contribution in [-0.2, 0) is 9.59 Å². The minimum atomic E-state index is -1.21. The summed E-state index contributed by atoms with van der Waals surface area (Å²) in [6.07, 6.45) is 0. The summed E-state index contributed by atoms with van der Waals surface area (Å²) in [4.78, 5) is 38.5. The molecule has 3 aromatic rings. The molecule has 0 fully saturated rings. The van der Waals surface area contributed by atoms with E-state index >= 15 is 0 Å². The molecule has 1 heterocycles. The first-order chi connectivity index (χ1) is 13.8. The fourth-order valence-electron chi connectivity index (χ4n) is 2.58. The van der Waals surface area contributed by atoms with Gasteiger partial charge in [0.25, 0.3) is 0 Å². The molecular formula is C20H16AsN2O6. The Labute approximate surface area is 172 Å². The molecule has 3 rings (SSSR count). The number of nitrogens with one attached hydrogen (secondary N) is 1. The van der Waals surface area contributed by atoms with Crippen LogP contribution in [0, 0.1) is 0 Å². The predicted octanol–water partition coefficient (Wildman–Crippen LogP) is 3.04. The third kappa shape index (κ3) is 4.92. The molecule has 0 aliphatic heterocycles. The Bertz CT molecular complexity index is 1100. The average Bonchev–Trinajstić information content (AvgIpc) is 2.69. The Kier molecular flexibility index (Phi) is 6.14. The zero-order valence-corrected chi connectivity index (χ0v) is 17.1. The van der Waals surface area contributed by atoms with Gasteiger partial charge in [-0.1, -0.05) is 0 Å². The number of carboxylic acid groups (broad SMARTS) is 1. The van der Waals surface area contributed by atoms with Crippen molar-refractivity contribution in [1.82, 2.24) is 4.98 Å². The molecule has 0 aliphatic rings. The van der Waals surface area contributed by atoms with Gasteiger partial charge in [0.1, 0.15) is 0 Å². The van der Waals surface area contributed by atoms with Crippen LogP contribution in [0.4, 0.5) is 5.69 Å². The number of carboxylic acids is 1. The molecule has 0 atom stereocenters. The molecule has 147 valence electrons. The first-order valence-corrected chi connectivity index (χ1v) is 10.7. The van der Waals surface area contributed by atoms with Gasteiger partial charge in [0.2, 0.25) is 0 Å². The van der Waals surface area contributed by atoms with Crippen LogP contribution in [0.1, 0.15) is 17.4 Å². The number of aromatic nitrogens is 1. The number of rotatable bonds is 7. The number of hydrogen-bond donors (Lipinski definition) is 3. The fourth-order valence-corrected chi connectivity index (χ4v) is 3.81. The summed E-state index contributed by atoms with van der Waals surface area (Å²) in [5.74, 6) is -1.03. The zero-order chi connectivity index (χ0) is 21.0. The fraction of sp³-hybridized carbons (Fsp3) is 0.100. The summed E-state index contributed by atoms with van der Waals surface area (Å²) in [7, 11) is 0. The molecule has 0 unspecified atom stereocenters. The molecule has 0 saturated carbocycles. The molecule has 9 heteroatoms. The molecule has 1 aromatic heterocycles. The second-order valence-electron chi connectivity index (χ2n) is 5.98. The topological polar surface area (TPSA) is 126 Å². The summed E-state index contributed by atoms with van der Waals surface area (Å²) >= 11 is -1.21. The van der Waals surface area contributed by atoms with Gasteiger partial charge in [0, 0.05) is 0 Å². The number of benzene rings is 2. The van der Waals surface area contributed by atoms with Crippen molar-refractivity contribution in [2.45, 2.75) is 12.1 Å². The zero-order valence-electron chi connectivity index (χ0n) is 15.2. The maximum atomic E-state index is 12.4. The molecule has 1 radical (unpaired) electrons. The summed E-state index contributed by atoms with van der Waals surface area (Å²) in [6.45, 7) is 1.40. The Balaban J connectivity index is 1.98. The number of ether oxygens (including phenoxy) is 1. The summed E-state index contributed by atoms with van der Waals surface area (Å²) < 4.78 is 5.33. The molecule has 29 heavy (non-hydrogen) atoms. The summed E-state index contributed by atoms with van der Waals surface area (Å²) in [5, 5.41) is 22.6. The van der Waals surface area contributed by atoms with E-state index in [2.05, 4.69) is 10.3 Å². The summed E-state index contributed by atoms with van der Waals surface area (Å²) in [6, 6.07) is 13.3. The van der Waals surface area contributed by atoms with E-state index in [0.29, 0.717) is 22.2 Å². The van der Waals surface area contributed by atoms with Crippen LogP contribution >= 0.6 is 0 Å². The molecule has 3 N–H and O–H groups in total. The van der Waals surface area contributed by atoms with Crippen molar-refractivity contribution < 1.29 is 29.3 Å². The van der Waals surface area contributed by atoms with Gasteiger partial charge in [-0.3, -0.25) is 0 Å². The van der Waals surface area contributed by atoms with Crippen LogP contribution < -0.4 is 10.1 Å². The van der Waals surface area contributed by atoms with Crippen molar-refractivity contribution in [2.75, 3.05) is 5.32 Å². The average molecular weight is 455 g/mol. The maximum absolute atomic E-state index is 12.4. The van der Waals surface area contributed by atoms with E-state index < -0.39 is 26.3 Å². The first-order valence-electron chi connectivity index (χ1n) is 8.46. The first kappa shape index (κ1) is 20.4. The van der Waals surface area contributed by atoms with E-state index in [-0.39, 0.29) is 28.4 Å². The van der Waals surface area contributed by atoms with Crippen LogP contribution in [0.15, 0.2) is 48.5 Å².